The van der Waals surface area contributed by atoms with E-state index in [4.69, 9.17) is 32.8 Å². The molecule has 8 heteroatoms. The molecule has 8 nitrogen and oxygen atoms in total. The second-order valence-electron chi connectivity index (χ2n) is 5.79. The third-order valence-electron chi connectivity index (χ3n) is 4.41. The zero-order valence-electron chi connectivity index (χ0n) is 17.2. The summed E-state index contributed by atoms with van der Waals surface area (Å²) in [5, 5.41) is 0. The van der Waals surface area contributed by atoms with Crippen LogP contribution >= 0.6 is 0 Å². The van der Waals surface area contributed by atoms with Crippen molar-refractivity contribution in [3.8, 4) is 57.3 Å². The Morgan fingerprint density at radius 1 is 0.586 bits per heavy atom. The van der Waals surface area contributed by atoms with Gasteiger partial charge in [0.2, 0.25) is 17.4 Å². The maximum absolute atomic E-state index is 6.02. The second-order valence-corrected chi connectivity index (χ2v) is 5.79. The van der Waals surface area contributed by atoms with Gasteiger partial charge in [0.25, 0.3) is 0 Å². The first-order chi connectivity index (χ1) is 14.1. The average molecular weight is 401 g/mol. The lowest BCUT2D eigenvalue weighted by molar-refractivity contribution is 0.324. The topological polar surface area (TPSA) is 81.4 Å². The Morgan fingerprint density at radius 3 is 1.55 bits per heavy atom. The zero-order chi connectivity index (χ0) is 21.0. The fourth-order valence-corrected chi connectivity index (χ4v) is 3.09. The predicted octanol–water partition coefficient (Wildman–Crippen LogP) is 4.06. The molecule has 0 N–H and O–H groups in total. The molecule has 3 rings (SSSR count). The quantitative estimate of drug-likeness (QED) is 0.559. The molecule has 3 aromatic rings. The number of methoxy groups -OCH3 is 6. The molecule has 0 fully saturated rings. The van der Waals surface area contributed by atoms with Crippen molar-refractivity contribution >= 4 is 0 Å². The number of hydrogen-bond acceptors (Lipinski definition) is 8. The molecule has 0 saturated carbocycles. The van der Waals surface area contributed by atoms with Crippen molar-refractivity contribution in [2.24, 2.45) is 0 Å². The molecule has 0 radical (unpaired) electrons. The van der Waals surface area contributed by atoms with E-state index in [0.29, 0.717) is 57.3 Å². The summed E-state index contributed by atoms with van der Waals surface area (Å²) in [6, 6.07) is 7.14. The largest absolute Gasteiger partial charge is 0.493 e. The number of benzene rings is 2. The molecule has 0 spiro atoms. The van der Waals surface area contributed by atoms with Crippen LogP contribution in [0, 0.1) is 0 Å². The van der Waals surface area contributed by atoms with Gasteiger partial charge in [0.15, 0.2) is 28.8 Å². The third kappa shape index (κ3) is 3.49. The highest BCUT2D eigenvalue weighted by atomic mass is 16.5. The smallest absolute Gasteiger partial charge is 0.230 e. The lowest BCUT2D eigenvalue weighted by atomic mass is 10.1. The minimum Gasteiger partial charge on any atom is -0.493 e. The van der Waals surface area contributed by atoms with E-state index in [9.17, 15) is 0 Å². The summed E-state index contributed by atoms with van der Waals surface area (Å²) in [4.78, 5) is 4.41. The lowest BCUT2D eigenvalue weighted by Crippen LogP contribution is -1.97. The van der Waals surface area contributed by atoms with Crippen LogP contribution in [0.1, 0.15) is 0 Å². The molecule has 0 atom stereocenters. The summed E-state index contributed by atoms with van der Waals surface area (Å²) < 4.78 is 38.6. The van der Waals surface area contributed by atoms with Crippen LogP contribution in [-0.4, -0.2) is 47.6 Å². The van der Waals surface area contributed by atoms with Gasteiger partial charge in [-0.05, 0) is 24.3 Å². The lowest BCUT2D eigenvalue weighted by Gasteiger charge is -2.15. The van der Waals surface area contributed by atoms with Crippen molar-refractivity contribution in [2.75, 3.05) is 42.7 Å². The van der Waals surface area contributed by atoms with Crippen LogP contribution in [0.3, 0.4) is 0 Å². The van der Waals surface area contributed by atoms with Crippen molar-refractivity contribution < 1.29 is 32.8 Å². The summed E-state index contributed by atoms with van der Waals surface area (Å²) in [6.45, 7) is 0. The number of aromatic nitrogens is 1. The summed E-state index contributed by atoms with van der Waals surface area (Å²) in [5.41, 5.74) is 1.29. The molecule has 0 aliphatic rings. The molecule has 154 valence electrons. The van der Waals surface area contributed by atoms with Gasteiger partial charge in [-0.2, -0.15) is 0 Å². The predicted molar refractivity (Wildman–Crippen MR) is 107 cm³/mol. The highest BCUT2D eigenvalue weighted by molar-refractivity contribution is 5.76. The SMILES string of the molecule is COc1ccc(-c2cnc(-c3ccc(OC)c(OC)c3OC)o2)c(OC)c1OC. The van der Waals surface area contributed by atoms with Gasteiger partial charge in [0.1, 0.15) is 0 Å². The summed E-state index contributed by atoms with van der Waals surface area (Å²) in [5.74, 6) is 3.80. The second kappa shape index (κ2) is 8.64. The molecular formula is C21H23NO7. The molecule has 1 heterocycles. The average Bonchev–Trinajstić information content (AvgIpc) is 3.26. The first-order valence-electron chi connectivity index (χ1n) is 8.67. The van der Waals surface area contributed by atoms with Gasteiger partial charge in [0.05, 0.1) is 60.0 Å². The van der Waals surface area contributed by atoms with E-state index in [1.165, 1.54) is 0 Å². The van der Waals surface area contributed by atoms with Gasteiger partial charge in [-0.15, -0.1) is 0 Å². The van der Waals surface area contributed by atoms with Crippen LogP contribution in [0.25, 0.3) is 22.8 Å². The van der Waals surface area contributed by atoms with Crippen molar-refractivity contribution in [3.63, 3.8) is 0 Å². The number of ether oxygens (including phenoxy) is 6. The summed E-state index contributed by atoms with van der Waals surface area (Å²) >= 11 is 0. The van der Waals surface area contributed by atoms with Gasteiger partial charge < -0.3 is 32.8 Å². The van der Waals surface area contributed by atoms with E-state index >= 15 is 0 Å². The van der Waals surface area contributed by atoms with Crippen LogP contribution < -0.4 is 28.4 Å². The zero-order valence-corrected chi connectivity index (χ0v) is 17.2. The molecule has 0 amide bonds. The van der Waals surface area contributed by atoms with E-state index < -0.39 is 0 Å². The Bertz CT molecular complexity index is 919. The van der Waals surface area contributed by atoms with Crippen molar-refractivity contribution in [1.29, 1.82) is 0 Å². The Morgan fingerprint density at radius 2 is 1.07 bits per heavy atom. The maximum atomic E-state index is 6.02. The first-order valence-corrected chi connectivity index (χ1v) is 8.67. The molecule has 0 unspecified atom stereocenters. The van der Waals surface area contributed by atoms with Crippen LogP contribution in [0.5, 0.6) is 34.5 Å². The van der Waals surface area contributed by atoms with Gasteiger partial charge in [-0.3, -0.25) is 0 Å². The maximum Gasteiger partial charge on any atom is 0.230 e. The van der Waals surface area contributed by atoms with Gasteiger partial charge in [-0.25, -0.2) is 4.98 Å². The highest BCUT2D eigenvalue weighted by Gasteiger charge is 2.23. The van der Waals surface area contributed by atoms with Crippen LogP contribution in [0.4, 0.5) is 0 Å². The molecule has 0 saturated heterocycles. The fraction of sp³-hybridized carbons (Fsp3) is 0.286. The Kier molecular flexibility index (Phi) is 6.01. The molecule has 29 heavy (non-hydrogen) atoms. The highest BCUT2D eigenvalue weighted by Crippen LogP contribution is 2.47. The monoisotopic (exact) mass is 401 g/mol. The van der Waals surface area contributed by atoms with Crippen LogP contribution in [0.15, 0.2) is 34.9 Å². The minimum atomic E-state index is 0.356. The van der Waals surface area contributed by atoms with E-state index in [2.05, 4.69) is 4.98 Å². The number of rotatable bonds is 8. The van der Waals surface area contributed by atoms with E-state index in [0.717, 1.165) is 0 Å². The number of oxazole rings is 1. The molecule has 2 aromatic carbocycles. The van der Waals surface area contributed by atoms with Crippen molar-refractivity contribution in [3.05, 3.63) is 30.5 Å². The van der Waals surface area contributed by atoms with Crippen LogP contribution in [-0.2, 0) is 0 Å². The Hall–Kier alpha value is -3.55. The van der Waals surface area contributed by atoms with Gasteiger partial charge >= 0.3 is 0 Å². The molecule has 1 aromatic heterocycles. The normalized spacial score (nSPS) is 10.4. The van der Waals surface area contributed by atoms with Gasteiger partial charge in [-0.1, -0.05) is 0 Å². The fourth-order valence-electron chi connectivity index (χ4n) is 3.09. The summed E-state index contributed by atoms with van der Waals surface area (Å²) in [6.07, 6.45) is 1.61. The molecular weight excluding hydrogens is 378 g/mol. The number of nitrogens with zero attached hydrogens (tertiary/aromatic N) is 1. The van der Waals surface area contributed by atoms with Crippen molar-refractivity contribution in [1.82, 2.24) is 4.98 Å². The van der Waals surface area contributed by atoms with Gasteiger partial charge in [0, 0.05) is 0 Å². The van der Waals surface area contributed by atoms with E-state index in [-0.39, 0.29) is 0 Å². The molecule has 0 aliphatic carbocycles. The Balaban J connectivity index is 2.12. The molecule has 0 aliphatic heterocycles. The Labute approximate surface area is 168 Å². The standard InChI is InChI=1S/C21H23NO7/c1-23-14-9-7-12(17(25-3)19(14)27-5)16-11-22-21(29-16)13-8-10-15(24-2)20(28-6)18(13)26-4/h7-11H,1-6H3. The molecule has 0 bridgehead atoms. The van der Waals surface area contributed by atoms with E-state index in [1.807, 2.05) is 6.07 Å². The first kappa shape index (κ1) is 20.2. The van der Waals surface area contributed by atoms with Crippen molar-refractivity contribution in [2.45, 2.75) is 0 Å². The third-order valence-corrected chi connectivity index (χ3v) is 4.41. The van der Waals surface area contributed by atoms with Crippen LogP contribution in [0.2, 0.25) is 0 Å². The number of hydrogen-bond donors (Lipinski definition) is 0. The minimum absolute atomic E-state index is 0.356. The van der Waals surface area contributed by atoms with E-state index in [1.54, 1.807) is 67.1 Å². The summed E-state index contributed by atoms with van der Waals surface area (Å²) in [7, 11) is 9.30.